The van der Waals surface area contributed by atoms with Crippen LogP contribution in [-0.4, -0.2) is 20.9 Å². The Kier molecular flexibility index (Phi) is 16.1. The molecule has 277 valence electrons. The second-order valence-corrected chi connectivity index (χ2v) is 13.6. The molecule has 0 aliphatic carbocycles. The first-order valence-electron chi connectivity index (χ1n) is 19.0. The van der Waals surface area contributed by atoms with Crippen LogP contribution in [-0.2, 0) is 37.7 Å². The molecule has 0 amide bonds. The Morgan fingerprint density at radius 2 is 1.42 bits per heavy atom. The van der Waals surface area contributed by atoms with E-state index in [2.05, 4.69) is 97.0 Å². The molecule has 0 fully saturated rings. The van der Waals surface area contributed by atoms with Gasteiger partial charge in [-0.05, 0) is 84.7 Å². The van der Waals surface area contributed by atoms with E-state index in [4.69, 9.17) is 4.98 Å². The van der Waals surface area contributed by atoms with Crippen LogP contribution in [0.4, 0.5) is 0 Å². The van der Waals surface area contributed by atoms with Gasteiger partial charge >= 0.3 is 0 Å². The van der Waals surface area contributed by atoms with Gasteiger partial charge in [0, 0.05) is 50.4 Å². The van der Waals surface area contributed by atoms with Gasteiger partial charge in [-0.1, -0.05) is 101 Å². The standard InChI is InChI=1S/C35H28N2.C13H24O2.Ir/c1-25-21-28-14-7-8-16-30(28)33(22-25)35-32-18-10-9-17-31(32)29(24-37-35)15-6-5-11-26-19-20-34(36-23-26)27-12-3-2-4-13-27;1-5-10(6-2)12(14)9-13(15)11(7-3)8-4;/h2-4,7-10,12,14,16-21,23-24H,5-6,11,15H2,1H3;9-11,14H,5-8H2,1-4H3;/q-2;;/b;12-9-;. The Bertz CT molecular complexity index is 2080. The van der Waals surface area contributed by atoms with Crippen LogP contribution >= 0.6 is 0 Å². The number of carbonyl (C=O) groups is 1. The Morgan fingerprint density at radius 3 is 2.08 bits per heavy atom. The van der Waals surface area contributed by atoms with Gasteiger partial charge < -0.3 is 15.1 Å². The molecule has 5 heteroatoms. The van der Waals surface area contributed by atoms with E-state index < -0.39 is 0 Å². The summed E-state index contributed by atoms with van der Waals surface area (Å²) in [6.07, 6.45) is 13.3. The Hall–Kier alpha value is -4.44. The van der Waals surface area contributed by atoms with E-state index in [1.807, 2.05) is 58.2 Å². The summed E-state index contributed by atoms with van der Waals surface area (Å²) >= 11 is 0. The molecule has 0 unspecified atom stereocenters. The van der Waals surface area contributed by atoms with Crippen LogP contribution in [0.5, 0.6) is 0 Å². The second-order valence-electron chi connectivity index (χ2n) is 13.6. The minimum atomic E-state index is 0. The number of aliphatic hydroxyl groups is 1. The smallest absolute Gasteiger partial charge is 0.162 e. The van der Waals surface area contributed by atoms with Crippen LogP contribution in [0.3, 0.4) is 0 Å². The van der Waals surface area contributed by atoms with Gasteiger partial charge in [-0.15, -0.1) is 64.5 Å². The third kappa shape index (κ3) is 10.8. The first kappa shape index (κ1) is 41.3. The van der Waals surface area contributed by atoms with Gasteiger partial charge in [0.15, 0.2) is 5.78 Å². The Balaban J connectivity index is 0.000000335. The summed E-state index contributed by atoms with van der Waals surface area (Å²) in [5.74, 6) is 0.547. The van der Waals surface area contributed by atoms with Gasteiger partial charge in [0.1, 0.15) is 0 Å². The molecule has 2 aromatic heterocycles. The van der Waals surface area contributed by atoms with Gasteiger partial charge in [-0.25, -0.2) is 0 Å². The number of hydrogen-bond acceptors (Lipinski definition) is 4. The van der Waals surface area contributed by atoms with E-state index in [1.54, 1.807) is 0 Å². The summed E-state index contributed by atoms with van der Waals surface area (Å²) in [7, 11) is 0. The zero-order chi connectivity index (χ0) is 36.9. The predicted molar refractivity (Wildman–Crippen MR) is 217 cm³/mol. The van der Waals surface area contributed by atoms with Crippen molar-refractivity contribution >= 4 is 27.3 Å². The molecule has 0 aliphatic rings. The third-order valence-electron chi connectivity index (χ3n) is 10.1. The molecule has 6 aromatic rings. The van der Waals surface area contributed by atoms with Gasteiger partial charge in [0.25, 0.3) is 0 Å². The van der Waals surface area contributed by atoms with Gasteiger partial charge in [0.05, 0.1) is 5.76 Å². The number of aliphatic hydroxyl groups excluding tert-OH is 1. The molecule has 0 bridgehead atoms. The van der Waals surface area contributed by atoms with Crippen LogP contribution in [0.15, 0.2) is 115 Å². The Morgan fingerprint density at radius 1 is 0.755 bits per heavy atom. The number of aryl methyl sites for hydroxylation is 3. The first-order chi connectivity index (χ1) is 25.4. The van der Waals surface area contributed by atoms with Crippen molar-refractivity contribution in [1.82, 2.24) is 9.97 Å². The maximum Gasteiger partial charge on any atom is 0.162 e. The SMILES string of the molecule is CCC(CC)C(=O)/C=C(\O)C(CC)CC.Cc1[c-]c(-c2ncc(CCCCc3ccc(-c4[c-]cccc4)nc3)c3ccccc23)c2ccccc2c1.[Ir]. The number of allylic oxidation sites excluding steroid dienone is 2. The molecule has 0 spiro atoms. The van der Waals surface area contributed by atoms with Crippen molar-refractivity contribution in [3.05, 3.63) is 144 Å². The summed E-state index contributed by atoms with van der Waals surface area (Å²) in [4.78, 5) is 21.4. The monoisotopic (exact) mass is 881 g/mol. The normalized spacial score (nSPS) is 11.4. The van der Waals surface area contributed by atoms with Crippen molar-refractivity contribution < 1.29 is 30.0 Å². The predicted octanol–water partition coefficient (Wildman–Crippen LogP) is 12.5. The van der Waals surface area contributed by atoms with E-state index in [1.165, 1.54) is 38.7 Å². The number of benzene rings is 4. The summed E-state index contributed by atoms with van der Waals surface area (Å²) in [6.45, 7) is 10.2. The Labute approximate surface area is 330 Å². The number of pyridine rings is 2. The molecule has 6 rings (SSSR count). The molecule has 1 radical (unpaired) electrons. The number of unbranched alkanes of at least 4 members (excludes halogenated alkanes) is 1. The number of aromatic nitrogens is 2. The number of nitrogens with zero attached hydrogens (tertiary/aromatic N) is 2. The van der Waals surface area contributed by atoms with E-state index in [-0.39, 0.29) is 43.5 Å². The fourth-order valence-corrected chi connectivity index (χ4v) is 6.93. The van der Waals surface area contributed by atoms with Gasteiger partial charge in [-0.3, -0.25) is 4.79 Å². The van der Waals surface area contributed by atoms with Crippen LogP contribution in [0, 0.1) is 30.9 Å². The number of fused-ring (bicyclic) bond motifs is 2. The third-order valence-corrected chi connectivity index (χ3v) is 10.1. The fourth-order valence-electron chi connectivity index (χ4n) is 6.93. The number of rotatable bonds is 14. The van der Waals surface area contributed by atoms with Crippen LogP contribution in [0.2, 0.25) is 0 Å². The topological polar surface area (TPSA) is 63.1 Å². The molecule has 53 heavy (non-hydrogen) atoms. The van der Waals surface area contributed by atoms with Gasteiger partial charge in [0.2, 0.25) is 0 Å². The molecular weight excluding hydrogens is 829 g/mol. The van der Waals surface area contributed by atoms with E-state index in [0.717, 1.165) is 79.4 Å². The molecule has 0 atom stereocenters. The molecule has 4 nitrogen and oxygen atoms in total. The summed E-state index contributed by atoms with van der Waals surface area (Å²) in [5, 5.41) is 14.7. The van der Waals surface area contributed by atoms with Crippen molar-refractivity contribution in [2.24, 2.45) is 11.8 Å². The molecular formula is C48H52IrN2O2-2. The maximum absolute atomic E-state index is 11.7. The van der Waals surface area contributed by atoms with E-state index in [9.17, 15) is 9.90 Å². The second kappa shape index (κ2) is 20.7. The molecule has 0 saturated heterocycles. The average molecular weight is 881 g/mol. The van der Waals surface area contributed by atoms with Crippen LogP contribution in [0.1, 0.15) is 82.9 Å². The number of hydrogen-bond donors (Lipinski definition) is 1. The number of carbonyl (C=O) groups excluding carboxylic acids is 1. The molecule has 0 aliphatic heterocycles. The zero-order valence-electron chi connectivity index (χ0n) is 31.8. The quantitative estimate of drug-likeness (QED) is 0.0512. The first-order valence-corrected chi connectivity index (χ1v) is 19.0. The summed E-state index contributed by atoms with van der Waals surface area (Å²) < 4.78 is 0. The molecule has 0 saturated carbocycles. The minimum Gasteiger partial charge on any atom is -0.512 e. The van der Waals surface area contributed by atoms with Crippen molar-refractivity contribution in [3.63, 3.8) is 0 Å². The van der Waals surface area contributed by atoms with E-state index in [0.29, 0.717) is 0 Å². The van der Waals surface area contributed by atoms with Gasteiger partial charge in [-0.2, -0.15) is 0 Å². The van der Waals surface area contributed by atoms with Crippen molar-refractivity contribution in [1.29, 1.82) is 0 Å². The van der Waals surface area contributed by atoms with E-state index >= 15 is 0 Å². The molecule has 1 N–H and O–H groups in total. The minimum absolute atomic E-state index is 0. The zero-order valence-corrected chi connectivity index (χ0v) is 34.2. The number of ketones is 1. The molecule has 2 heterocycles. The average Bonchev–Trinajstić information content (AvgIpc) is 3.18. The molecule has 4 aromatic carbocycles. The summed E-state index contributed by atoms with van der Waals surface area (Å²) in [5.41, 5.74) is 7.83. The fraction of sp³-hybridized carbons (Fsp3) is 0.312. The van der Waals surface area contributed by atoms with Crippen molar-refractivity contribution in [2.75, 3.05) is 0 Å². The van der Waals surface area contributed by atoms with Crippen molar-refractivity contribution in [2.45, 2.75) is 86.0 Å². The van der Waals surface area contributed by atoms with Crippen molar-refractivity contribution in [3.8, 4) is 22.5 Å². The maximum atomic E-state index is 11.7. The van der Waals surface area contributed by atoms with Crippen LogP contribution < -0.4 is 0 Å². The summed E-state index contributed by atoms with van der Waals surface area (Å²) in [6, 6.07) is 38.5. The van der Waals surface area contributed by atoms with Crippen LogP contribution in [0.25, 0.3) is 44.1 Å². The largest absolute Gasteiger partial charge is 0.512 e.